The molecule has 0 atom stereocenters. The third kappa shape index (κ3) is 3.82. The minimum absolute atomic E-state index is 0.0136. The second kappa shape index (κ2) is 6.54. The van der Waals surface area contributed by atoms with E-state index < -0.39 is 5.97 Å². The maximum atomic E-state index is 11.7. The number of hydrogen-bond acceptors (Lipinski definition) is 4. The Bertz CT molecular complexity index is 475. The summed E-state index contributed by atoms with van der Waals surface area (Å²) in [7, 11) is 0. The van der Waals surface area contributed by atoms with Crippen LogP contribution in [0.3, 0.4) is 0 Å². The summed E-state index contributed by atoms with van der Waals surface area (Å²) in [5.74, 6) is -0.432. The number of carbonyl (C=O) groups is 2. The van der Waals surface area contributed by atoms with Crippen LogP contribution in [0.4, 0.5) is 0 Å². The maximum absolute atomic E-state index is 11.7. The van der Waals surface area contributed by atoms with Gasteiger partial charge in [0.1, 0.15) is 0 Å². The number of aromatic carboxylic acids is 1. The highest BCUT2D eigenvalue weighted by Crippen LogP contribution is 2.29. The lowest BCUT2D eigenvalue weighted by Crippen LogP contribution is -2.27. The van der Waals surface area contributed by atoms with Gasteiger partial charge < -0.3 is 14.9 Å². The summed E-state index contributed by atoms with van der Waals surface area (Å²) in [5.41, 5.74) is 0.0136. The fraction of sp³-hybridized carbons (Fsp3) is 0.643. The van der Waals surface area contributed by atoms with Crippen LogP contribution >= 0.6 is 0 Å². The predicted octanol–water partition coefficient (Wildman–Crippen LogP) is 2.32. The first-order valence-corrected chi connectivity index (χ1v) is 7.04. The van der Waals surface area contributed by atoms with Gasteiger partial charge in [-0.15, -0.1) is 0 Å². The molecule has 0 bridgehead atoms. The van der Waals surface area contributed by atoms with E-state index in [1.165, 1.54) is 25.7 Å². The van der Waals surface area contributed by atoms with Crippen molar-refractivity contribution in [3.8, 4) is 0 Å². The molecule has 0 unspecified atom stereocenters. The van der Waals surface area contributed by atoms with Gasteiger partial charge in [0, 0.05) is 12.6 Å². The fourth-order valence-electron chi connectivity index (χ4n) is 2.58. The van der Waals surface area contributed by atoms with Gasteiger partial charge in [0.15, 0.2) is 5.69 Å². The summed E-state index contributed by atoms with van der Waals surface area (Å²) in [5, 5.41) is 14.9. The molecule has 6 heteroatoms. The van der Waals surface area contributed by atoms with E-state index in [4.69, 9.17) is 5.11 Å². The van der Waals surface area contributed by atoms with Crippen LogP contribution in [-0.2, 0) is 0 Å². The highest BCUT2D eigenvalue weighted by atomic mass is 16.5. The zero-order valence-corrected chi connectivity index (χ0v) is 11.6. The average molecular weight is 280 g/mol. The molecule has 0 spiro atoms. The molecule has 1 saturated carbocycles. The Labute approximate surface area is 117 Å². The van der Waals surface area contributed by atoms with Gasteiger partial charge in [-0.05, 0) is 18.3 Å². The van der Waals surface area contributed by atoms with E-state index in [-0.39, 0.29) is 17.4 Å². The lowest BCUT2D eigenvalue weighted by atomic mass is 9.81. The van der Waals surface area contributed by atoms with E-state index in [2.05, 4.69) is 21.9 Å². The van der Waals surface area contributed by atoms with Crippen LogP contribution in [0, 0.1) is 11.8 Å². The van der Waals surface area contributed by atoms with Crippen LogP contribution in [0.25, 0.3) is 0 Å². The van der Waals surface area contributed by atoms with Crippen molar-refractivity contribution < 1.29 is 19.2 Å². The van der Waals surface area contributed by atoms with Crippen molar-refractivity contribution in [3.63, 3.8) is 0 Å². The molecular weight excluding hydrogens is 260 g/mol. The molecule has 1 fully saturated rings. The molecule has 1 heterocycles. The van der Waals surface area contributed by atoms with Gasteiger partial charge >= 0.3 is 5.97 Å². The summed E-state index contributed by atoms with van der Waals surface area (Å²) >= 11 is 0. The van der Waals surface area contributed by atoms with Crippen molar-refractivity contribution in [1.29, 1.82) is 0 Å². The molecule has 110 valence electrons. The van der Waals surface area contributed by atoms with Crippen LogP contribution in [-0.4, -0.2) is 28.7 Å². The van der Waals surface area contributed by atoms with Crippen LogP contribution in [0.1, 0.15) is 60.1 Å². The summed E-state index contributed by atoms with van der Waals surface area (Å²) in [6, 6.07) is 1.14. The Morgan fingerprint density at radius 2 is 2.10 bits per heavy atom. The lowest BCUT2D eigenvalue weighted by Gasteiger charge is -2.25. The zero-order chi connectivity index (χ0) is 14.5. The highest BCUT2D eigenvalue weighted by molar-refractivity contribution is 5.94. The molecule has 2 N–H and O–H groups in total. The molecule has 1 aliphatic rings. The normalized spacial score (nSPS) is 22.4. The number of hydrogen-bond donors (Lipinski definition) is 2. The third-order valence-electron chi connectivity index (χ3n) is 3.93. The van der Waals surface area contributed by atoms with Gasteiger partial charge in [-0.1, -0.05) is 37.8 Å². The lowest BCUT2D eigenvalue weighted by molar-refractivity contribution is 0.0651. The van der Waals surface area contributed by atoms with Crippen molar-refractivity contribution in [2.75, 3.05) is 6.54 Å². The van der Waals surface area contributed by atoms with Gasteiger partial charge in [0.25, 0.3) is 5.91 Å². The van der Waals surface area contributed by atoms with E-state index in [1.54, 1.807) is 0 Å². The van der Waals surface area contributed by atoms with Gasteiger partial charge in [-0.3, -0.25) is 4.79 Å². The number of rotatable bonds is 5. The molecule has 1 amide bonds. The second-order valence-electron chi connectivity index (χ2n) is 5.55. The van der Waals surface area contributed by atoms with Crippen molar-refractivity contribution in [3.05, 3.63) is 17.5 Å². The van der Waals surface area contributed by atoms with Crippen LogP contribution in [0.2, 0.25) is 0 Å². The Hall–Kier alpha value is -1.85. The first-order chi connectivity index (χ1) is 9.56. The number of nitrogens with zero attached hydrogens (tertiary/aromatic N) is 1. The molecule has 0 aromatic carbocycles. The number of nitrogens with one attached hydrogen (secondary N) is 1. The average Bonchev–Trinajstić information content (AvgIpc) is 2.91. The van der Waals surface area contributed by atoms with Crippen molar-refractivity contribution in [2.24, 2.45) is 11.8 Å². The molecular formula is C14H20N2O4. The molecule has 1 aromatic rings. The number of carboxylic acid groups (broad SMARTS) is 1. The molecule has 0 aliphatic heterocycles. The smallest absolute Gasteiger partial charge is 0.374 e. The number of carbonyl (C=O) groups excluding carboxylic acids is 1. The van der Waals surface area contributed by atoms with Crippen molar-refractivity contribution >= 4 is 11.9 Å². The summed E-state index contributed by atoms with van der Waals surface area (Å²) < 4.78 is 4.54. The zero-order valence-electron chi connectivity index (χ0n) is 11.6. The Morgan fingerprint density at radius 1 is 1.40 bits per heavy atom. The van der Waals surface area contributed by atoms with Crippen LogP contribution < -0.4 is 5.32 Å². The largest absolute Gasteiger partial charge is 0.475 e. The predicted molar refractivity (Wildman–Crippen MR) is 71.5 cm³/mol. The SMILES string of the molecule is CC1CCC(CCNC(=O)c2cc(C(=O)O)on2)CC1. The van der Waals surface area contributed by atoms with E-state index in [1.807, 2.05) is 0 Å². The van der Waals surface area contributed by atoms with E-state index in [0.717, 1.165) is 18.4 Å². The molecule has 20 heavy (non-hydrogen) atoms. The standard InChI is InChI=1S/C14H20N2O4/c1-9-2-4-10(5-3-9)6-7-15-13(17)11-8-12(14(18)19)20-16-11/h8-10H,2-7H2,1H3,(H,15,17)(H,18,19). The highest BCUT2D eigenvalue weighted by Gasteiger charge is 2.19. The molecule has 1 aliphatic carbocycles. The Morgan fingerprint density at radius 3 is 2.70 bits per heavy atom. The van der Waals surface area contributed by atoms with Crippen LogP contribution in [0.5, 0.6) is 0 Å². The topological polar surface area (TPSA) is 92.4 Å². The quantitative estimate of drug-likeness (QED) is 0.863. The van der Waals surface area contributed by atoms with Gasteiger partial charge in [-0.25, -0.2) is 4.79 Å². The van der Waals surface area contributed by atoms with Gasteiger partial charge in [-0.2, -0.15) is 0 Å². The second-order valence-corrected chi connectivity index (χ2v) is 5.55. The Balaban J connectivity index is 1.73. The number of carboxylic acids is 1. The van der Waals surface area contributed by atoms with E-state index >= 15 is 0 Å². The first kappa shape index (κ1) is 14.6. The van der Waals surface area contributed by atoms with Crippen LogP contribution in [0.15, 0.2) is 10.6 Å². The minimum Gasteiger partial charge on any atom is -0.475 e. The summed E-state index contributed by atoms with van der Waals surface area (Å²) in [4.78, 5) is 22.4. The molecule has 1 aromatic heterocycles. The van der Waals surface area contributed by atoms with Crippen molar-refractivity contribution in [1.82, 2.24) is 10.5 Å². The van der Waals surface area contributed by atoms with Gasteiger partial charge in [0.2, 0.25) is 5.76 Å². The fourth-order valence-corrected chi connectivity index (χ4v) is 2.58. The molecule has 0 radical (unpaired) electrons. The molecule has 2 rings (SSSR count). The molecule has 6 nitrogen and oxygen atoms in total. The van der Waals surface area contributed by atoms with Gasteiger partial charge in [0.05, 0.1) is 0 Å². The minimum atomic E-state index is -1.23. The number of amides is 1. The summed E-state index contributed by atoms with van der Waals surface area (Å²) in [6.07, 6.45) is 5.95. The van der Waals surface area contributed by atoms with E-state index in [9.17, 15) is 9.59 Å². The third-order valence-corrected chi connectivity index (χ3v) is 3.93. The van der Waals surface area contributed by atoms with E-state index in [0.29, 0.717) is 12.5 Å². The maximum Gasteiger partial charge on any atom is 0.374 e. The monoisotopic (exact) mass is 280 g/mol. The molecule has 0 saturated heterocycles. The first-order valence-electron chi connectivity index (χ1n) is 7.04. The van der Waals surface area contributed by atoms with Crippen molar-refractivity contribution in [2.45, 2.75) is 39.0 Å². The summed E-state index contributed by atoms with van der Waals surface area (Å²) in [6.45, 7) is 2.87. The number of aromatic nitrogens is 1. The Kier molecular flexibility index (Phi) is 4.76.